The Hall–Kier alpha value is -1.13. The maximum Gasteiger partial charge on any atom is 0.137 e. The molecule has 4 heteroatoms. The Morgan fingerprint density at radius 3 is 2.76 bits per heavy atom. The van der Waals surface area contributed by atoms with Crippen molar-refractivity contribution in [1.29, 1.82) is 0 Å². The third-order valence-corrected chi connectivity index (χ3v) is 4.79. The Kier molecular flexibility index (Phi) is 2.56. The SMILES string of the molecule is Cc1ccsc1-c1cn2c(C)c(Br)ccc2n1. The number of fused-ring (bicyclic) bond motifs is 1. The summed E-state index contributed by atoms with van der Waals surface area (Å²) >= 11 is 5.28. The van der Waals surface area contributed by atoms with Crippen LogP contribution in [0.2, 0.25) is 0 Å². The van der Waals surface area contributed by atoms with Gasteiger partial charge in [0.15, 0.2) is 0 Å². The van der Waals surface area contributed by atoms with E-state index in [2.05, 4.69) is 56.8 Å². The van der Waals surface area contributed by atoms with Gasteiger partial charge in [-0.05, 0) is 58.9 Å². The molecular formula is C13H11BrN2S. The van der Waals surface area contributed by atoms with Gasteiger partial charge in [-0.3, -0.25) is 0 Å². The molecule has 0 aliphatic rings. The molecule has 0 unspecified atom stereocenters. The van der Waals surface area contributed by atoms with Crippen LogP contribution < -0.4 is 0 Å². The van der Waals surface area contributed by atoms with Crippen LogP contribution in [0.15, 0.2) is 34.2 Å². The van der Waals surface area contributed by atoms with E-state index in [1.54, 1.807) is 11.3 Å². The fourth-order valence-corrected chi connectivity index (χ4v) is 3.11. The minimum absolute atomic E-state index is 0.994. The predicted octanol–water partition coefficient (Wildman–Crippen LogP) is 4.44. The van der Waals surface area contributed by atoms with Crippen molar-refractivity contribution in [3.8, 4) is 10.6 Å². The van der Waals surface area contributed by atoms with Crippen LogP contribution in [0.1, 0.15) is 11.3 Å². The molecule has 0 atom stereocenters. The maximum atomic E-state index is 4.67. The molecule has 0 saturated heterocycles. The minimum atomic E-state index is 0.994. The highest BCUT2D eigenvalue weighted by atomic mass is 79.9. The Labute approximate surface area is 112 Å². The zero-order valence-corrected chi connectivity index (χ0v) is 12.0. The van der Waals surface area contributed by atoms with Crippen molar-refractivity contribution < 1.29 is 0 Å². The molecule has 0 amide bonds. The lowest BCUT2D eigenvalue weighted by atomic mass is 10.2. The molecule has 0 aliphatic heterocycles. The summed E-state index contributed by atoms with van der Waals surface area (Å²) in [6.45, 7) is 4.21. The zero-order chi connectivity index (χ0) is 12.0. The Morgan fingerprint density at radius 1 is 1.24 bits per heavy atom. The molecule has 0 spiro atoms. The summed E-state index contributed by atoms with van der Waals surface area (Å²) in [6, 6.07) is 6.21. The molecule has 0 fully saturated rings. The Morgan fingerprint density at radius 2 is 2.06 bits per heavy atom. The third kappa shape index (κ3) is 1.72. The lowest BCUT2D eigenvalue weighted by Gasteiger charge is -2.00. The van der Waals surface area contributed by atoms with Crippen LogP contribution in [0.4, 0.5) is 0 Å². The standard InChI is InChI=1S/C13H11BrN2S/c1-8-5-6-17-13(8)11-7-16-9(2)10(14)3-4-12(16)15-11/h3-7H,1-2H3. The predicted molar refractivity (Wildman–Crippen MR) is 75.7 cm³/mol. The highest BCUT2D eigenvalue weighted by molar-refractivity contribution is 9.10. The second-order valence-electron chi connectivity index (χ2n) is 4.05. The van der Waals surface area contributed by atoms with Gasteiger partial charge >= 0.3 is 0 Å². The quantitative estimate of drug-likeness (QED) is 0.649. The number of rotatable bonds is 1. The van der Waals surface area contributed by atoms with Gasteiger partial charge in [0.05, 0.1) is 10.6 Å². The number of hydrogen-bond donors (Lipinski definition) is 0. The summed E-state index contributed by atoms with van der Waals surface area (Å²) in [4.78, 5) is 5.92. The number of aryl methyl sites for hydroxylation is 2. The molecule has 0 radical (unpaired) electrons. The summed E-state index contributed by atoms with van der Waals surface area (Å²) in [7, 11) is 0. The normalized spacial score (nSPS) is 11.2. The van der Waals surface area contributed by atoms with Crippen LogP contribution in [0, 0.1) is 13.8 Å². The molecule has 17 heavy (non-hydrogen) atoms. The molecule has 3 rings (SSSR count). The van der Waals surface area contributed by atoms with E-state index in [-0.39, 0.29) is 0 Å². The van der Waals surface area contributed by atoms with E-state index in [9.17, 15) is 0 Å². The Balaban J connectivity index is 2.27. The van der Waals surface area contributed by atoms with Crippen molar-refractivity contribution in [2.75, 3.05) is 0 Å². The summed E-state index contributed by atoms with van der Waals surface area (Å²) in [6.07, 6.45) is 2.11. The molecule has 3 aromatic rings. The van der Waals surface area contributed by atoms with Crippen molar-refractivity contribution in [3.63, 3.8) is 0 Å². The average Bonchev–Trinajstić information content (AvgIpc) is 2.89. The number of aromatic nitrogens is 2. The first-order valence-corrected chi connectivity index (χ1v) is 7.03. The largest absolute Gasteiger partial charge is 0.303 e. The molecule has 2 nitrogen and oxygen atoms in total. The minimum Gasteiger partial charge on any atom is -0.303 e. The van der Waals surface area contributed by atoms with Crippen LogP contribution in [0.25, 0.3) is 16.2 Å². The van der Waals surface area contributed by atoms with Gasteiger partial charge in [-0.2, -0.15) is 0 Å². The number of halogens is 1. The van der Waals surface area contributed by atoms with E-state index in [1.165, 1.54) is 16.1 Å². The lowest BCUT2D eigenvalue weighted by Crippen LogP contribution is -1.89. The molecule has 3 aromatic heterocycles. The Bertz CT molecular complexity index is 697. The van der Waals surface area contributed by atoms with Crippen LogP contribution >= 0.6 is 27.3 Å². The van der Waals surface area contributed by atoms with E-state index >= 15 is 0 Å². The average molecular weight is 307 g/mol. The lowest BCUT2D eigenvalue weighted by molar-refractivity contribution is 1.08. The summed E-state index contributed by atoms with van der Waals surface area (Å²) in [5.74, 6) is 0. The second-order valence-corrected chi connectivity index (χ2v) is 5.82. The third-order valence-electron chi connectivity index (χ3n) is 2.91. The molecule has 0 N–H and O–H groups in total. The zero-order valence-electron chi connectivity index (χ0n) is 9.57. The first-order chi connectivity index (χ1) is 8.16. The molecular weight excluding hydrogens is 296 g/mol. The van der Waals surface area contributed by atoms with Gasteiger partial charge in [-0.1, -0.05) is 0 Å². The molecule has 0 aromatic carbocycles. The van der Waals surface area contributed by atoms with Crippen molar-refractivity contribution in [1.82, 2.24) is 9.38 Å². The molecule has 0 saturated carbocycles. The van der Waals surface area contributed by atoms with Gasteiger partial charge < -0.3 is 4.40 Å². The molecule has 86 valence electrons. The number of hydrogen-bond acceptors (Lipinski definition) is 2. The molecule has 0 bridgehead atoms. The van der Waals surface area contributed by atoms with Crippen molar-refractivity contribution in [2.45, 2.75) is 13.8 Å². The van der Waals surface area contributed by atoms with Crippen LogP contribution in [0.5, 0.6) is 0 Å². The molecule has 0 aliphatic carbocycles. The van der Waals surface area contributed by atoms with E-state index in [0.717, 1.165) is 15.8 Å². The van der Waals surface area contributed by atoms with Gasteiger partial charge in [-0.15, -0.1) is 11.3 Å². The summed E-state index contributed by atoms with van der Waals surface area (Å²) in [5.41, 5.74) is 4.51. The van der Waals surface area contributed by atoms with E-state index in [0.29, 0.717) is 0 Å². The van der Waals surface area contributed by atoms with Crippen molar-refractivity contribution in [2.24, 2.45) is 0 Å². The second kappa shape index (κ2) is 3.96. The van der Waals surface area contributed by atoms with Crippen LogP contribution in [-0.4, -0.2) is 9.38 Å². The van der Waals surface area contributed by atoms with E-state index in [4.69, 9.17) is 0 Å². The summed E-state index contributed by atoms with van der Waals surface area (Å²) < 4.78 is 3.23. The highest BCUT2D eigenvalue weighted by Crippen LogP contribution is 2.29. The number of pyridine rings is 1. The summed E-state index contributed by atoms with van der Waals surface area (Å²) in [5, 5.41) is 2.11. The topological polar surface area (TPSA) is 17.3 Å². The molecule has 3 heterocycles. The monoisotopic (exact) mass is 306 g/mol. The van der Waals surface area contributed by atoms with Crippen LogP contribution in [-0.2, 0) is 0 Å². The van der Waals surface area contributed by atoms with Gasteiger partial charge in [0, 0.05) is 16.4 Å². The first kappa shape index (κ1) is 11.0. The van der Waals surface area contributed by atoms with Gasteiger partial charge in [0.2, 0.25) is 0 Å². The van der Waals surface area contributed by atoms with Crippen molar-refractivity contribution in [3.05, 3.63) is 45.5 Å². The van der Waals surface area contributed by atoms with Gasteiger partial charge in [0.1, 0.15) is 5.65 Å². The first-order valence-electron chi connectivity index (χ1n) is 5.35. The van der Waals surface area contributed by atoms with E-state index < -0.39 is 0 Å². The van der Waals surface area contributed by atoms with Crippen molar-refractivity contribution >= 4 is 32.9 Å². The number of thiophene rings is 1. The fourth-order valence-electron chi connectivity index (χ4n) is 1.91. The number of imidazole rings is 1. The van der Waals surface area contributed by atoms with E-state index in [1.807, 2.05) is 12.1 Å². The fraction of sp³-hybridized carbons (Fsp3) is 0.154. The smallest absolute Gasteiger partial charge is 0.137 e. The van der Waals surface area contributed by atoms with Gasteiger partial charge in [0.25, 0.3) is 0 Å². The van der Waals surface area contributed by atoms with Gasteiger partial charge in [-0.25, -0.2) is 4.98 Å². The maximum absolute atomic E-state index is 4.67. The highest BCUT2D eigenvalue weighted by Gasteiger charge is 2.10. The number of nitrogens with zero attached hydrogens (tertiary/aromatic N) is 2. The van der Waals surface area contributed by atoms with Crippen LogP contribution in [0.3, 0.4) is 0 Å².